The number of nitrogens with two attached hydrogens (primary N) is 1. The van der Waals surface area contributed by atoms with Crippen molar-refractivity contribution in [1.82, 2.24) is 14.7 Å². The molecule has 1 saturated heterocycles. The van der Waals surface area contributed by atoms with Crippen molar-refractivity contribution in [2.75, 3.05) is 6.54 Å². The normalized spacial score (nSPS) is 16.8. The second-order valence-corrected chi connectivity index (χ2v) is 7.33. The molecule has 7 heteroatoms. The van der Waals surface area contributed by atoms with Crippen LogP contribution in [0, 0.1) is 0 Å². The Labute approximate surface area is 169 Å². The number of primary amides is 1. The van der Waals surface area contributed by atoms with Crippen LogP contribution in [0.4, 0.5) is 0 Å². The van der Waals surface area contributed by atoms with Crippen LogP contribution in [-0.2, 0) is 13.6 Å². The Morgan fingerprint density at radius 2 is 1.97 bits per heavy atom. The fraction of sp³-hybridized carbons (Fsp3) is 0.273. The van der Waals surface area contributed by atoms with Gasteiger partial charge in [-0.1, -0.05) is 12.1 Å². The van der Waals surface area contributed by atoms with E-state index in [1.54, 1.807) is 6.07 Å². The van der Waals surface area contributed by atoms with Crippen LogP contribution in [0.2, 0.25) is 0 Å². The lowest BCUT2D eigenvalue weighted by atomic mass is 10.1. The van der Waals surface area contributed by atoms with Crippen molar-refractivity contribution in [2.45, 2.75) is 25.4 Å². The Balaban J connectivity index is 1.41. The van der Waals surface area contributed by atoms with E-state index in [0.29, 0.717) is 17.5 Å². The van der Waals surface area contributed by atoms with Gasteiger partial charge in [0, 0.05) is 25.9 Å². The first kappa shape index (κ1) is 19.0. The first-order valence-electron chi connectivity index (χ1n) is 9.63. The summed E-state index contributed by atoms with van der Waals surface area (Å²) in [4.78, 5) is 13.7. The number of phenols is 1. The van der Waals surface area contributed by atoms with Crippen LogP contribution in [0.25, 0.3) is 0 Å². The summed E-state index contributed by atoms with van der Waals surface area (Å²) < 4.78 is 7.63. The molecule has 7 nitrogen and oxygen atoms in total. The van der Waals surface area contributed by atoms with E-state index in [2.05, 4.69) is 16.1 Å². The number of aryl methyl sites for hydroxylation is 1. The minimum atomic E-state index is -0.677. The van der Waals surface area contributed by atoms with Crippen molar-refractivity contribution >= 4 is 5.91 Å². The Morgan fingerprint density at radius 1 is 1.21 bits per heavy atom. The summed E-state index contributed by atoms with van der Waals surface area (Å²) in [5, 5.41) is 14.4. The largest absolute Gasteiger partial charge is 0.507 e. The molecule has 29 heavy (non-hydrogen) atoms. The molecule has 0 spiro atoms. The maximum Gasteiger partial charge on any atom is 0.252 e. The molecule has 0 unspecified atom stereocenters. The molecular formula is C22H24N4O3. The molecule has 0 radical (unpaired) electrons. The first-order valence-corrected chi connectivity index (χ1v) is 9.63. The lowest BCUT2D eigenvalue weighted by molar-refractivity contribution is 0.0997. The molecule has 2 heterocycles. The van der Waals surface area contributed by atoms with Crippen LogP contribution < -0.4 is 10.5 Å². The third-order valence-electron chi connectivity index (χ3n) is 5.22. The van der Waals surface area contributed by atoms with Crippen LogP contribution in [0.1, 0.15) is 40.5 Å². The maximum absolute atomic E-state index is 11.2. The SMILES string of the molecule is Cn1ccc([C@@H]2CCCN2Cc2ccc(Oc3ccc(C(N)=O)c(O)c3)cc2)n1. The first-order chi connectivity index (χ1) is 14.0. The Morgan fingerprint density at radius 3 is 2.62 bits per heavy atom. The quantitative estimate of drug-likeness (QED) is 0.671. The highest BCUT2D eigenvalue weighted by molar-refractivity contribution is 5.95. The van der Waals surface area contributed by atoms with Crippen molar-refractivity contribution in [1.29, 1.82) is 0 Å². The predicted octanol–water partition coefficient (Wildman–Crippen LogP) is 3.35. The molecule has 4 rings (SSSR count). The van der Waals surface area contributed by atoms with E-state index in [1.807, 2.05) is 42.2 Å². The smallest absolute Gasteiger partial charge is 0.252 e. The van der Waals surface area contributed by atoms with E-state index >= 15 is 0 Å². The molecule has 3 N–H and O–H groups in total. The van der Waals surface area contributed by atoms with E-state index in [0.717, 1.165) is 25.2 Å². The molecule has 0 aliphatic carbocycles. The molecule has 0 bridgehead atoms. The van der Waals surface area contributed by atoms with Gasteiger partial charge in [0.1, 0.15) is 17.2 Å². The number of ether oxygens (including phenoxy) is 1. The highest BCUT2D eigenvalue weighted by Gasteiger charge is 2.27. The summed E-state index contributed by atoms with van der Waals surface area (Å²) in [5.41, 5.74) is 7.60. The van der Waals surface area contributed by atoms with E-state index < -0.39 is 5.91 Å². The van der Waals surface area contributed by atoms with Gasteiger partial charge in [-0.25, -0.2) is 0 Å². The second kappa shape index (κ2) is 7.97. The number of hydrogen-bond donors (Lipinski definition) is 2. The van der Waals surface area contributed by atoms with Crippen molar-refractivity contribution in [3.8, 4) is 17.2 Å². The Bertz CT molecular complexity index is 1010. The lowest BCUT2D eigenvalue weighted by Crippen LogP contribution is -2.23. The Hall–Kier alpha value is -3.32. The molecule has 1 aromatic heterocycles. The fourth-order valence-electron chi connectivity index (χ4n) is 3.78. The van der Waals surface area contributed by atoms with Gasteiger partial charge in [-0.2, -0.15) is 5.10 Å². The second-order valence-electron chi connectivity index (χ2n) is 7.33. The van der Waals surface area contributed by atoms with Crippen molar-refractivity contribution in [3.63, 3.8) is 0 Å². The van der Waals surface area contributed by atoms with Crippen molar-refractivity contribution in [2.24, 2.45) is 12.8 Å². The van der Waals surface area contributed by atoms with Crippen LogP contribution >= 0.6 is 0 Å². The monoisotopic (exact) mass is 392 g/mol. The number of carbonyl (C=O) groups is 1. The molecule has 1 fully saturated rings. The fourth-order valence-corrected chi connectivity index (χ4v) is 3.78. The summed E-state index contributed by atoms with van der Waals surface area (Å²) >= 11 is 0. The zero-order valence-electron chi connectivity index (χ0n) is 16.3. The van der Waals surface area contributed by atoms with E-state index in [-0.39, 0.29) is 11.3 Å². The number of likely N-dealkylation sites (tertiary alicyclic amines) is 1. The van der Waals surface area contributed by atoms with Gasteiger partial charge in [0.25, 0.3) is 5.91 Å². The summed E-state index contributed by atoms with van der Waals surface area (Å²) in [6.45, 7) is 1.92. The van der Waals surface area contributed by atoms with E-state index in [1.165, 1.54) is 24.1 Å². The molecular weight excluding hydrogens is 368 g/mol. The molecule has 3 aromatic rings. The molecule has 150 valence electrons. The predicted molar refractivity (Wildman–Crippen MR) is 109 cm³/mol. The van der Waals surface area contributed by atoms with Gasteiger partial charge in [-0.15, -0.1) is 0 Å². The van der Waals surface area contributed by atoms with Gasteiger partial charge in [-0.05, 0) is 55.3 Å². The molecule has 2 aromatic carbocycles. The average Bonchev–Trinajstić information content (AvgIpc) is 3.32. The van der Waals surface area contributed by atoms with E-state index in [4.69, 9.17) is 10.5 Å². The van der Waals surface area contributed by atoms with Gasteiger partial charge in [-0.3, -0.25) is 14.4 Å². The Kier molecular flexibility index (Phi) is 5.22. The van der Waals surface area contributed by atoms with Crippen LogP contribution in [-0.4, -0.2) is 32.2 Å². The standard InChI is InChI=1S/C22H24N4O3/c1-25-12-10-19(24-25)20-3-2-11-26(20)14-15-4-6-16(7-5-15)29-17-8-9-18(22(23)28)21(27)13-17/h4-10,12-13,20,27H,2-3,11,14H2,1H3,(H2,23,28)/t20-/m0/s1. The van der Waals surface area contributed by atoms with Gasteiger partial charge < -0.3 is 15.6 Å². The van der Waals surface area contributed by atoms with Gasteiger partial charge in [0.05, 0.1) is 17.3 Å². The highest BCUT2D eigenvalue weighted by Crippen LogP contribution is 2.33. The molecule has 0 saturated carbocycles. The number of aromatic nitrogens is 2. The summed E-state index contributed by atoms with van der Waals surface area (Å²) in [5.74, 6) is 0.225. The number of hydrogen-bond acceptors (Lipinski definition) is 5. The molecule has 1 aliphatic rings. The summed E-state index contributed by atoms with van der Waals surface area (Å²) in [6.07, 6.45) is 4.29. The topological polar surface area (TPSA) is 93.6 Å². The van der Waals surface area contributed by atoms with Gasteiger partial charge in [0.15, 0.2) is 0 Å². The third kappa shape index (κ3) is 4.25. The van der Waals surface area contributed by atoms with Gasteiger partial charge in [0.2, 0.25) is 0 Å². The number of rotatable bonds is 6. The minimum Gasteiger partial charge on any atom is -0.507 e. The minimum absolute atomic E-state index is 0.0702. The number of carbonyl (C=O) groups excluding carboxylic acids is 1. The number of nitrogens with zero attached hydrogens (tertiary/aromatic N) is 3. The zero-order valence-corrected chi connectivity index (χ0v) is 16.3. The van der Waals surface area contributed by atoms with E-state index in [9.17, 15) is 9.90 Å². The van der Waals surface area contributed by atoms with Crippen LogP contribution in [0.15, 0.2) is 54.7 Å². The molecule has 1 atom stereocenters. The van der Waals surface area contributed by atoms with Crippen molar-refractivity contribution < 1.29 is 14.6 Å². The molecule has 1 amide bonds. The maximum atomic E-state index is 11.2. The number of benzene rings is 2. The van der Waals surface area contributed by atoms with Crippen LogP contribution in [0.3, 0.4) is 0 Å². The third-order valence-corrected chi connectivity index (χ3v) is 5.22. The summed E-state index contributed by atoms with van der Waals surface area (Å²) in [7, 11) is 1.95. The lowest BCUT2D eigenvalue weighted by Gasteiger charge is -2.23. The zero-order chi connectivity index (χ0) is 20.4. The highest BCUT2D eigenvalue weighted by atomic mass is 16.5. The molecule has 1 aliphatic heterocycles. The summed E-state index contributed by atoms with van der Waals surface area (Å²) in [6, 6.07) is 14.8. The van der Waals surface area contributed by atoms with Crippen molar-refractivity contribution in [3.05, 3.63) is 71.5 Å². The number of amides is 1. The van der Waals surface area contributed by atoms with Crippen LogP contribution in [0.5, 0.6) is 17.2 Å². The average molecular weight is 392 g/mol. The number of aromatic hydroxyl groups is 1. The van der Waals surface area contributed by atoms with Gasteiger partial charge >= 0.3 is 0 Å².